The first-order valence-electron chi connectivity index (χ1n) is 8.81. The average Bonchev–Trinajstić information content (AvgIpc) is 2.71. The van der Waals surface area contributed by atoms with Gasteiger partial charge in [-0.05, 0) is 99.1 Å². The van der Waals surface area contributed by atoms with E-state index in [0.717, 1.165) is 40.1 Å². The maximum Gasteiger partial charge on any atom is 0.147 e. The molecule has 2 rings (SSSR count). The predicted octanol–water partition coefficient (Wildman–Crippen LogP) is 9.96. The maximum absolute atomic E-state index is 5.96. The molecule has 0 heterocycles. The second kappa shape index (κ2) is 13.7. The fourth-order valence-electron chi connectivity index (χ4n) is 2.56. The van der Waals surface area contributed by atoms with E-state index in [9.17, 15) is 0 Å². The van der Waals surface area contributed by atoms with E-state index in [1.54, 1.807) is 0 Å². The van der Waals surface area contributed by atoms with E-state index in [1.165, 1.54) is 11.1 Å². The van der Waals surface area contributed by atoms with Gasteiger partial charge in [-0.1, -0.05) is 70.6 Å². The van der Waals surface area contributed by atoms with Crippen molar-refractivity contribution in [2.75, 3.05) is 23.9 Å². The van der Waals surface area contributed by atoms with Gasteiger partial charge >= 0.3 is 0 Å². The van der Waals surface area contributed by atoms with E-state index in [4.69, 9.17) is 9.47 Å². The molecule has 2 aromatic rings. The van der Waals surface area contributed by atoms with Gasteiger partial charge < -0.3 is 9.47 Å². The Hall–Kier alpha value is 1.88. The second-order valence-corrected chi connectivity index (χ2v) is 13.8. The number of alkyl halides is 4. The molecular weight excluding hydrogens is 911 g/mol. The minimum atomic E-state index is 0.172. The molecular formula is C20H18Br8O2. The Morgan fingerprint density at radius 2 is 0.967 bits per heavy atom. The van der Waals surface area contributed by atoms with Crippen LogP contribution in [-0.2, 0) is 0 Å². The molecule has 0 fully saturated rings. The molecule has 2 aromatic carbocycles. The summed E-state index contributed by atoms with van der Waals surface area (Å²) < 4.78 is 15.6. The van der Waals surface area contributed by atoms with Gasteiger partial charge in [-0.15, -0.1) is 0 Å². The highest BCUT2D eigenvalue weighted by atomic mass is 79.9. The van der Waals surface area contributed by atoms with E-state index in [0.29, 0.717) is 13.2 Å². The third-order valence-electron chi connectivity index (χ3n) is 4.19. The summed E-state index contributed by atoms with van der Waals surface area (Å²) in [6.45, 7) is 3.33. The highest BCUT2D eigenvalue weighted by Gasteiger charge is 2.18. The van der Waals surface area contributed by atoms with Crippen LogP contribution in [0.2, 0.25) is 0 Å². The fourth-order valence-corrected chi connectivity index (χ4v) is 6.10. The number of ether oxygens (including phenoxy) is 2. The summed E-state index contributed by atoms with van der Waals surface area (Å²) in [7, 11) is 0. The Morgan fingerprint density at radius 1 is 0.667 bits per heavy atom. The van der Waals surface area contributed by atoms with Gasteiger partial charge in [0.1, 0.15) is 24.7 Å². The molecule has 0 saturated carbocycles. The maximum atomic E-state index is 5.96. The summed E-state index contributed by atoms with van der Waals surface area (Å²) in [5.41, 5.74) is 2.34. The van der Waals surface area contributed by atoms with Gasteiger partial charge in [0.25, 0.3) is 0 Å². The predicted molar refractivity (Wildman–Crippen MR) is 155 cm³/mol. The van der Waals surface area contributed by atoms with Gasteiger partial charge in [0.2, 0.25) is 0 Å². The van der Waals surface area contributed by atoms with Gasteiger partial charge in [0.05, 0.1) is 27.5 Å². The molecule has 0 aliphatic carbocycles. The minimum absolute atomic E-state index is 0.172. The third kappa shape index (κ3) is 7.98. The zero-order chi connectivity index (χ0) is 22.4. The van der Waals surface area contributed by atoms with E-state index >= 15 is 0 Å². The quantitative estimate of drug-likeness (QED) is 0.221. The van der Waals surface area contributed by atoms with E-state index in [1.807, 2.05) is 0 Å². The van der Waals surface area contributed by atoms with Crippen molar-refractivity contribution in [3.8, 4) is 11.5 Å². The highest BCUT2D eigenvalue weighted by molar-refractivity contribution is 9.12. The Kier molecular flexibility index (Phi) is 12.8. The SMILES string of the molecule is CC(c1cc(Br)c(OCC(Br)CBr)c(Br)c1)c1cc(Br)c(OCC(Br)CBr)c(Br)c1. The number of halogens is 8. The van der Waals surface area contributed by atoms with Crippen molar-refractivity contribution in [2.24, 2.45) is 0 Å². The summed E-state index contributed by atoms with van der Waals surface area (Å²) in [5.74, 6) is 1.78. The Balaban J connectivity index is 2.24. The van der Waals surface area contributed by atoms with Crippen molar-refractivity contribution in [1.82, 2.24) is 0 Å². The van der Waals surface area contributed by atoms with Crippen LogP contribution in [0.4, 0.5) is 0 Å². The summed E-state index contributed by atoms with van der Waals surface area (Å²) in [5, 5.41) is 1.65. The van der Waals surface area contributed by atoms with Crippen LogP contribution in [0.5, 0.6) is 11.5 Å². The van der Waals surface area contributed by atoms with Gasteiger partial charge in [-0.25, -0.2) is 0 Å². The number of hydrogen-bond acceptors (Lipinski definition) is 2. The first-order chi connectivity index (χ1) is 14.2. The lowest BCUT2D eigenvalue weighted by Crippen LogP contribution is -2.13. The summed E-state index contributed by atoms with van der Waals surface area (Å²) >= 11 is 28.7. The fraction of sp³-hybridized carbons (Fsp3) is 0.400. The van der Waals surface area contributed by atoms with Crippen LogP contribution in [0.1, 0.15) is 24.0 Å². The van der Waals surface area contributed by atoms with Crippen molar-refractivity contribution in [3.63, 3.8) is 0 Å². The largest absolute Gasteiger partial charge is 0.490 e. The molecule has 0 saturated heterocycles. The van der Waals surface area contributed by atoms with Gasteiger partial charge in [0.15, 0.2) is 0 Å². The zero-order valence-electron chi connectivity index (χ0n) is 15.7. The Bertz CT molecular complexity index is 745. The zero-order valence-corrected chi connectivity index (χ0v) is 28.4. The Morgan fingerprint density at radius 3 is 1.23 bits per heavy atom. The molecule has 166 valence electrons. The average molecular weight is 930 g/mol. The molecule has 2 nitrogen and oxygen atoms in total. The molecule has 0 spiro atoms. The molecule has 10 heteroatoms. The molecule has 0 aromatic heterocycles. The van der Waals surface area contributed by atoms with Crippen molar-refractivity contribution < 1.29 is 9.47 Å². The summed E-state index contributed by atoms with van der Waals surface area (Å²) in [4.78, 5) is 0.499. The van der Waals surface area contributed by atoms with Crippen molar-refractivity contribution >= 4 is 127 Å². The van der Waals surface area contributed by atoms with Crippen LogP contribution >= 0.6 is 127 Å². The lowest BCUT2D eigenvalue weighted by molar-refractivity contribution is 0.321. The lowest BCUT2D eigenvalue weighted by Gasteiger charge is -2.19. The topological polar surface area (TPSA) is 18.5 Å². The smallest absolute Gasteiger partial charge is 0.147 e. The lowest BCUT2D eigenvalue weighted by atomic mass is 9.93. The molecule has 0 amide bonds. The molecule has 2 atom stereocenters. The van der Waals surface area contributed by atoms with Crippen LogP contribution in [0, 0.1) is 0 Å². The molecule has 0 radical (unpaired) electrons. The molecule has 0 aliphatic rings. The molecule has 0 aliphatic heterocycles. The third-order valence-corrected chi connectivity index (χ3v) is 11.0. The first kappa shape index (κ1) is 28.1. The molecule has 2 unspecified atom stereocenters. The van der Waals surface area contributed by atoms with Crippen LogP contribution in [0.25, 0.3) is 0 Å². The standard InChI is InChI=1S/C20H18Br8O2/c1-10(11-2-15(25)19(16(26)3-11)29-8-13(23)6-21)12-4-17(27)20(18(28)5-12)30-9-14(24)7-22/h2-5,10,13-14H,6-9H2,1H3. The van der Waals surface area contributed by atoms with Gasteiger partial charge in [-0.2, -0.15) is 0 Å². The monoisotopic (exact) mass is 921 g/mol. The van der Waals surface area contributed by atoms with Crippen LogP contribution in [0.3, 0.4) is 0 Å². The van der Waals surface area contributed by atoms with E-state index in [-0.39, 0.29) is 15.6 Å². The number of hydrogen-bond donors (Lipinski definition) is 0. The van der Waals surface area contributed by atoms with Crippen LogP contribution < -0.4 is 9.47 Å². The van der Waals surface area contributed by atoms with Crippen molar-refractivity contribution in [2.45, 2.75) is 22.5 Å². The molecule has 0 bridgehead atoms. The minimum Gasteiger partial charge on any atom is -0.490 e. The second-order valence-electron chi connectivity index (χ2n) is 6.47. The van der Waals surface area contributed by atoms with Crippen LogP contribution in [0.15, 0.2) is 42.2 Å². The van der Waals surface area contributed by atoms with E-state index < -0.39 is 0 Å². The number of rotatable bonds is 10. The molecule has 30 heavy (non-hydrogen) atoms. The molecule has 0 N–H and O–H groups in total. The summed E-state index contributed by atoms with van der Waals surface area (Å²) in [6, 6.07) is 8.44. The van der Waals surface area contributed by atoms with Crippen molar-refractivity contribution in [3.05, 3.63) is 53.3 Å². The van der Waals surface area contributed by atoms with E-state index in [2.05, 4.69) is 159 Å². The normalized spacial score (nSPS) is 14.3. The van der Waals surface area contributed by atoms with Gasteiger partial charge in [-0.3, -0.25) is 0 Å². The Labute approximate surface area is 245 Å². The first-order valence-corrected chi connectivity index (χ1v) is 16.1. The highest BCUT2D eigenvalue weighted by Crippen LogP contribution is 2.41. The summed E-state index contributed by atoms with van der Waals surface area (Å²) in [6.07, 6.45) is 0. The van der Waals surface area contributed by atoms with Gasteiger partial charge in [0, 0.05) is 16.6 Å². The number of benzene rings is 2. The van der Waals surface area contributed by atoms with Crippen LogP contribution in [-0.4, -0.2) is 33.5 Å². The van der Waals surface area contributed by atoms with Crippen molar-refractivity contribution in [1.29, 1.82) is 0 Å².